The number of carbonyl (C=O) groups is 3. The molecule has 0 bridgehead atoms. The molecule has 180 valence electrons. The molecule has 1 unspecified atom stereocenters. The zero-order valence-electron chi connectivity index (χ0n) is 19.4. The quantitative estimate of drug-likeness (QED) is 0.394. The van der Waals surface area contributed by atoms with Crippen LogP contribution < -0.4 is 4.80 Å². The third-order valence-corrected chi connectivity index (χ3v) is 7.39. The first kappa shape index (κ1) is 25.5. The maximum atomic E-state index is 12.6. The lowest BCUT2D eigenvalue weighted by Gasteiger charge is -2.30. The van der Waals surface area contributed by atoms with Crippen LogP contribution in [-0.2, 0) is 25.6 Å². The minimum Gasteiger partial charge on any atom is -0.465 e. The Morgan fingerprint density at radius 3 is 2.82 bits per heavy atom. The average Bonchev–Trinajstić information content (AvgIpc) is 3.14. The Morgan fingerprint density at radius 2 is 2.09 bits per heavy atom. The van der Waals surface area contributed by atoms with Crippen LogP contribution in [0, 0.1) is 5.92 Å². The molecule has 2 heterocycles. The summed E-state index contributed by atoms with van der Waals surface area (Å²) in [6, 6.07) is 5.28. The average molecular weight is 494 g/mol. The number of fused-ring (bicyclic) bond motifs is 1. The molecule has 2 amide bonds. The molecular weight excluding hydrogens is 462 g/mol. The molecular formula is C23H31N3O5S2. The van der Waals surface area contributed by atoms with E-state index in [0.717, 1.165) is 36.1 Å². The first-order valence-electron chi connectivity index (χ1n) is 11.2. The Bertz CT molecular complexity index is 1060. The molecule has 1 atom stereocenters. The molecule has 0 saturated carbocycles. The Morgan fingerprint density at radius 1 is 1.27 bits per heavy atom. The maximum Gasteiger partial charge on any atom is 0.337 e. The van der Waals surface area contributed by atoms with Gasteiger partial charge in [-0.25, -0.2) is 4.79 Å². The molecule has 0 N–H and O–H groups in total. The summed E-state index contributed by atoms with van der Waals surface area (Å²) in [5, 5.41) is 0. The zero-order valence-corrected chi connectivity index (χ0v) is 21.0. The van der Waals surface area contributed by atoms with Crippen LogP contribution in [0.1, 0.15) is 37.0 Å². The SMILES string of the molecule is CCOCCn1c(=NC(=O)CSCC(=O)N2CCCC(C)C2)sc2cc(C(=O)OC)ccc21. The molecule has 1 aromatic carbocycles. The minimum absolute atomic E-state index is 0.0864. The highest BCUT2D eigenvalue weighted by Gasteiger charge is 2.21. The number of hydrogen-bond acceptors (Lipinski definition) is 7. The van der Waals surface area contributed by atoms with Crippen molar-refractivity contribution in [2.45, 2.75) is 33.2 Å². The largest absolute Gasteiger partial charge is 0.465 e. The van der Waals surface area contributed by atoms with Gasteiger partial charge in [-0.15, -0.1) is 11.8 Å². The van der Waals surface area contributed by atoms with Gasteiger partial charge in [0.05, 0.1) is 41.0 Å². The van der Waals surface area contributed by atoms with Gasteiger partial charge >= 0.3 is 5.97 Å². The van der Waals surface area contributed by atoms with Crippen molar-refractivity contribution in [3.63, 3.8) is 0 Å². The summed E-state index contributed by atoms with van der Waals surface area (Å²) in [5.74, 6) is 0.345. The maximum absolute atomic E-state index is 12.6. The molecule has 0 spiro atoms. The second-order valence-corrected chi connectivity index (χ2v) is 9.99. The van der Waals surface area contributed by atoms with E-state index in [1.165, 1.54) is 30.2 Å². The minimum atomic E-state index is -0.412. The van der Waals surface area contributed by atoms with Crippen molar-refractivity contribution >= 4 is 51.1 Å². The number of aromatic nitrogens is 1. The zero-order chi connectivity index (χ0) is 23.8. The molecule has 2 aromatic rings. The fourth-order valence-electron chi connectivity index (χ4n) is 3.79. The molecule has 0 radical (unpaired) electrons. The normalized spacial score (nSPS) is 16.9. The van der Waals surface area contributed by atoms with E-state index in [1.54, 1.807) is 12.1 Å². The molecule has 1 aliphatic rings. The van der Waals surface area contributed by atoms with Crippen LogP contribution in [0.15, 0.2) is 23.2 Å². The number of piperidine rings is 1. The number of benzene rings is 1. The second kappa shape index (κ2) is 12.3. The van der Waals surface area contributed by atoms with Gasteiger partial charge in [0, 0.05) is 26.2 Å². The van der Waals surface area contributed by atoms with Crippen molar-refractivity contribution in [3.05, 3.63) is 28.6 Å². The van der Waals surface area contributed by atoms with Crippen LogP contribution in [-0.4, -0.2) is 72.2 Å². The standard InChI is InChI=1S/C23H31N3O5S2/c1-4-31-11-10-26-18-8-7-17(22(29)30-3)12-19(18)33-23(26)24-20(27)14-32-15-21(28)25-9-5-6-16(2)13-25/h7-8,12,16H,4-6,9-11,13-15H2,1-3H3. The van der Waals surface area contributed by atoms with Gasteiger partial charge in [0.25, 0.3) is 5.91 Å². The monoisotopic (exact) mass is 493 g/mol. The fourth-order valence-corrected chi connectivity index (χ4v) is 5.60. The van der Waals surface area contributed by atoms with E-state index in [2.05, 4.69) is 11.9 Å². The predicted octanol–water partition coefficient (Wildman–Crippen LogP) is 2.94. The predicted molar refractivity (Wildman–Crippen MR) is 131 cm³/mol. The summed E-state index contributed by atoms with van der Waals surface area (Å²) in [7, 11) is 1.34. The van der Waals surface area contributed by atoms with Crippen molar-refractivity contribution in [2.75, 3.05) is 44.9 Å². The van der Waals surface area contributed by atoms with Gasteiger partial charge in [-0.2, -0.15) is 4.99 Å². The van der Waals surface area contributed by atoms with E-state index in [9.17, 15) is 14.4 Å². The smallest absolute Gasteiger partial charge is 0.337 e. The van der Waals surface area contributed by atoms with E-state index in [-0.39, 0.29) is 23.3 Å². The second-order valence-electron chi connectivity index (χ2n) is 7.99. The highest BCUT2D eigenvalue weighted by molar-refractivity contribution is 8.00. The highest BCUT2D eigenvalue weighted by atomic mass is 32.2. The van der Waals surface area contributed by atoms with E-state index < -0.39 is 5.97 Å². The topological polar surface area (TPSA) is 90.2 Å². The molecule has 10 heteroatoms. The van der Waals surface area contributed by atoms with Crippen molar-refractivity contribution < 1.29 is 23.9 Å². The number of thiazole rings is 1. The Kier molecular flexibility index (Phi) is 9.52. The number of esters is 1. The fraction of sp³-hybridized carbons (Fsp3) is 0.565. The number of ether oxygens (including phenoxy) is 2. The van der Waals surface area contributed by atoms with E-state index in [1.807, 2.05) is 22.5 Å². The first-order valence-corrected chi connectivity index (χ1v) is 13.1. The summed E-state index contributed by atoms with van der Waals surface area (Å²) >= 11 is 2.64. The van der Waals surface area contributed by atoms with Crippen molar-refractivity contribution in [1.82, 2.24) is 9.47 Å². The Labute approximate surface area is 202 Å². The third-order valence-electron chi connectivity index (χ3n) is 5.45. The van der Waals surface area contributed by atoms with Crippen LogP contribution in [0.5, 0.6) is 0 Å². The Hall–Kier alpha value is -2.17. The molecule has 1 aliphatic heterocycles. The van der Waals surface area contributed by atoms with Gasteiger partial charge in [-0.05, 0) is 43.9 Å². The van der Waals surface area contributed by atoms with Gasteiger partial charge in [-0.3, -0.25) is 9.59 Å². The number of nitrogens with zero attached hydrogens (tertiary/aromatic N) is 3. The van der Waals surface area contributed by atoms with Gasteiger partial charge < -0.3 is 18.9 Å². The lowest BCUT2D eigenvalue weighted by molar-refractivity contribution is -0.130. The van der Waals surface area contributed by atoms with Gasteiger partial charge in [-0.1, -0.05) is 18.3 Å². The lowest BCUT2D eigenvalue weighted by Crippen LogP contribution is -2.40. The summed E-state index contributed by atoms with van der Waals surface area (Å²) in [4.78, 5) is 43.7. The summed E-state index contributed by atoms with van der Waals surface area (Å²) in [5.41, 5.74) is 1.32. The number of thioether (sulfide) groups is 1. The summed E-state index contributed by atoms with van der Waals surface area (Å²) in [6.45, 7) is 7.31. The van der Waals surface area contributed by atoms with Gasteiger partial charge in [0.1, 0.15) is 0 Å². The first-order chi connectivity index (χ1) is 15.9. The van der Waals surface area contributed by atoms with E-state index in [0.29, 0.717) is 36.0 Å². The molecule has 0 aliphatic carbocycles. The molecule has 1 aromatic heterocycles. The van der Waals surface area contributed by atoms with Gasteiger partial charge in [0.15, 0.2) is 4.80 Å². The number of carbonyl (C=O) groups excluding carboxylic acids is 3. The molecule has 8 nitrogen and oxygen atoms in total. The van der Waals surface area contributed by atoms with Crippen molar-refractivity contribution in [3.8, 4) is 0 Å². The van der Waals surface area contributed by atoms with Crippen molar-refractivity contribution in [2.24, 2.45) is 10.9 Å². The number of methoxy groups -OCH3 is 1. The van der Waals surface area contributed by atoms with Crippen LogP contribution >= 0.6 is 23.1 Å². The lowest BCUT2D eigenvalue weighted by atomic mass is 10.0. The number of amides is 2. The van der Waals surface area contributed by atoms with Crippen molar-refractivity contribution in [1.29, 1.82) is 0 Å². The number of hydrogen-bond donors (Lipinski definition) is 0. The van der Waals surface area contributed by atoms with Gasteiger partial charge in [0.2, 0.25) is 5.91 Å². The molecule has 33 heavy (non-hydrogen) atoms. The van der Waals surface area contributed by atoms with E-state index >= 15 is 0 Å². The summed E-state index contributed by atoms with van der Waals surface area (Å²) in [6.07, 6.45) is 2.20. The highest BCUT2D eigenvalue weighted by Crippen LogP contribution is 2.20. The molecule has 3 rings (SSSR count). The van der Waals surface area contributed by atoms with Crippen LogP contribution in [0.25, 0.3) is 10.2 Å². The van der Waals surface area contributed by atoms with Crippen LogP contribution in [0.2, 0.25) is 0 Å². The van der Waals surface area contributed by atoms with Crippen LogP contribution in [0.3, 0.4) is 0 Å². The molecule has 1 saturated heterocycles. The number of rotatable bonds is 9. The number of likely N-dealkylation sites (tertiary alicyclic amines) is 1. The molecule has 1 fully saturated rings. The van der Waals surface area contributed by atoms with E-state index in [4.69, 9.17) is 9.47 Å². The van der Waals surface area contributed by atoms with Crippen LogP contribution in [0.4, 0.5) is 0 Å². The summed E-state index contributed by atoms with van der Waals surface area (Å²) < 4.78 is 13.1. The Balaban J connectivity index is 1.72. The third kappa shape index (κ3) is 6.91.